The molecule has 0 bridgehead atoms. The van der Waals surface area contributed by atoms with Crippen LogP contribution in [0.3, 0.4) is 0 Å². The number of ether oxygens (including phenoxy) is 1. The van der Waals surface area contributed by atoms with Gasteiger partial charge in [0, 0.05) is 37.0 Å². The molecule has 0 radical (unpaired) electrons. The first-order chi connectivity index (χ1) is 19.2. The van der Waals surface area contributed by atoms with E-state index in [4.69, 9.17) is 21.4 Å². The van der Waals surface area contributed by atoms with E-state index in [1.807, 2.05) is 0 Å². The Morgan fingerprint density at radius 3 is 2.60 bits per heavy atom. The van der Waals surface area contributed by atoms with Crippen LogP contribution in [0.5, 0.6) is 5.75 Å². The third kappa shape index (κ3) is 5.70. The van der Waals surface area contributed by atoms with Crippen LogP contribution in [0.2, 0.25) is 5.02 Å². The molecule has 2 aromatic carbocycles. The number of halogens is 2. The van der Waals surface area contributed by atoms with Crippen molar-refractivity contribution in [3.63, 3.8) is 0 Å². The first-order valence-corrected chi connectivity index (χ1v) is 13.3. The fourth-order valence-corrected chi connectivity index (χ4v) is 5.30. The van der Waals surface area contributed by atoms with Gasteiger partial charge in [0.25, 0.3) is 11.5 Å². The van der Waals surface area contributed by atoms with Crippen molar-refractivity contribution in [2.45, 2.75) is 38.3 Å². The summed E-state index contributed by atoms with van der Waals surface area (Å²) >= 11 is 6.13. The van der Waals surface area contributed by atoms with Gasteiger partial charge in [-0.05, 0) is 55.7 Å². The zero-order chi connectivity index (χ0) is 28.4. The van der Waals surface area contributed by atoms with Crippen molar-refractivity contribution in [2.75, 3.05) is 13.1 Å². The van der Waals surface area contributed by atoms with Gasteiger partial charge in [-0.15, -0.1) is 0 Å². The van der Waals surface area contributed by atoms with E-state index in [9.17, 15) is 14.4 Å². The molecule has 1 amide bonds. The number of carbonyl (C=O) groups excluding carboxylic acids is 1. The second kappa shape index (κ2) is 11.5. The molecule has 10 heteroatoms. The molecule has 0 spiro atoms. The number of carbonyl (C=O) groups is 2. The summed E-state index contributed by atoms with van der Waals surface area (Å²) in [6.45, 7) is 2.37. The lowest BCUT2D eigenvalue weighted by Gasteiger charge is -2.33. The molecule has 1 N–H and O–H groups in total. The number of pyridine rings is 2. The van der Waals surface area contributed by atoms with Gasteiger partial charge in [-0.3, -0.25) is 19.4 Å². The highest BCUT2D eigenvalue weighted by atomic mass is 35.5. The lowest BCUT2D eigenvalue weighted by atomic mass is 10.00. The minimum atomic E-state index is -0.978. The summed E-state index contributed by atoms with van der Waals surface area (Å²) in [5.74, 6) is -1.63. The third-order valence-electron chi connectivity index (χ3n) is 7.05. The van der Waals surface area contributed by atoms with Crippen molar-refractivity contribution in [2.24, 2.45) is 0 Å². The predicted octanol–water partition coefficient (Wildman–Crippen LogP) is 5.58. The highest BCUT2D eigenvalue weighted by Crippen LogP contribution is 2.33. The summed E-state index contributed by atoms with van der Waals surface area (Å²) in [5.41, 5.74) is 2.20. The molecule has 8 nitrogen and oxygen atoms in total. The van der Waals surface area contributed by atoms with Gasteiger partial charge in [0.15, 0.2) is 0 Å². The van der Waals surface area contributed by atoms with E-state index in [1.54, 1.807) is 58.9 Å². The largest absolute Gasteiger partial charge is 0.489 e. The number of piperidine rings is 1. The molecule has 1 aliphatic heterocycles. The molecule has 1 fully saturated rings. The Bertz CT molecular complexity index is 1650. The molecule has 0 aliphatic carbocycles. The second-order valence-corrected chi connectivity index (χ2v) is 10.3. The maximum Gasteiger partial charge on any atom is 0.307 e. The van der Waals surface area contributed by atoms with Crippen molar-refractivity contribution in [3.8, 4) is 16.9 Å². The highest BCUT2D eigenvalue weighted by molar-refractivity contribution is 6.31. The third-order valence-corrected chi connectivity index (χ3v) is 7.26. The van der Waals surface area contributed by atoms with Gasteiger partial charge in [-0.25, -0.2) is 4.39 Å². The second-order valence-electron chi connectivity index (χ2n) is 9.84. The average molecular weight is 564 g/mol. The van der Waals surface area contributed by atoms with Crippen LogP contribution in [0.15, 0.2) is 71.7 Å². The van der Waals surface area contributed by atoms with Gasteiger partial charge in [0.1, 0.15) is 17.7 Å². The summed E-state index contributed by atoms with van der Waals surface area (Å²) in [7, 11) is 0. The van der Waals surface area contributed by atoms with Crippen molar-refractivity contribution in [1.29, 1.82) is 0 Å². The summed E-state index contributed by atoms with van der Waals surface area (Å²) in [4.78, 5) is 42.9. The molecule has 5 rings (SSSR count). The number of para-hydroxylation sites is 1. The topological polar surface area (TPSA) is 102 Å². The van der Waals surface area contributed by atoms with Gasteiger partial charge < -0.3 is 19.3 Å². The van der Waals surface area contributed by atoms with Crippen LogP contribution in [0, 0.1) is 5.82 Å². The molecule has 206 valence electrons. The Balaban J connectivity index is 1.32. The van der Waals surface area contributed by atoms with Crippen molar-refractivity contribution < 1.29 is 23.8 Å². The van der Waals surface area contributed by atoms with Crippen LogP contribution in [0.25, 0.3) is 22.2 Å². The Kier molecular flexibility index (Phi) is 7.84. The Hall–Kier alpha value is -4.24. The van der Waals surface area contributed by atoms with E-state index >= 15 is 4.39 Å². The summed E-state index contributed by atoms with van der Waals surface area (Å²) < 4.78 is 22.8. The highest BCUT2D eigenvalue weighted by Gasteiger charge is 2.28. The maximum absolute atomic E-state index is 15.3. The number of carboxylic acids is 1. The fourth-order valence-electron chi connectivity index (χ4n) is 5.15. The molecule has 2 aromatic heterocycles. The number of hydrogen-bond acceptors (Lipinski definition) is 5. The fraction of sp³-hybridized carbons (Fsp3) is 0.267. The summed E-state index contributed by atoms with van der Waals surface area (Å²) in [6, 6.07) is 16.1. The molecule has 1 atom stereocenters. The van der Waals surface area contributed by atoms with Crippen LogP contribution >= 0.6 is 11.6 Å². The number of likely N-dealkylation sites (tertiary alicyclic amines) is 1. The normalized spacial score (nSPS) is 14.7. The number of aromatic nitrogens is 2. The number of nitrogens with zero attached hydrogens (tertiary/aromatic N) is 3. The Morgan fingerprint density at radius 1 is 1.12 bits per heavy atom. The van der Waals surface area contributed by atoms with Crippen molar-refractivity contribution in [3.05, 3.63) is 93.6 Å². The molecule has 1 saturated heterocycles. The van der Waals surface area contributed by atoms with Crippen LogP contribution in [-0.4, -0.2) is 50.6 Å². The van der Waals surface area contributed by atoms with Gasteiger partial charge in [0.2, 0.25) is 0 Å². The number of aliphatic carboxylic acids is 1. The number of carboxylic acid groups (broad SMARTS) is 1. The molecule has 0 unspecified atom stereocenters. The van der Waals surface area contributed by atoms with Gasteiger partial charge in [0.05, 0.1) is 28.0 Å². The molecular formula is C30H27ClFN3O5. The van der Waals surface area contributed by atoms with Gasteiger partial charge in [-0.2, -0.15) is 0 Å². The van der Waals surface area contributed by atoms with E-state index in [0.29, 0.717) is 58.9 Å². The zero-order valence-corrected chi connectivity index (χ0v) is 22.5. The smallest absolute Gasteiger partial charge is 0.307 e. The van der Waals surface area contributed by atoms with Crippen LogP contribution in [-0.2, 0) is 4.79 Å². The first-order valence-electron chi connectivity index (χ1n) is 12.9. The minimum Gasteiger partial charge on any atom is -0.489 e. The molecule has 4 aromatic rings. The lowest BCUT2D eigenvalue weighted by molar-refractivity contribution is -0.138. The standard InChI is InChI=1S/C30H27ClFN3O5/c1-18(14-29(37)38)40-27-5-3-2-4-22(27)19-6-7-23(24(32)15-19)30(39)34-12-10-21(11-13-34)35-26-16-20(31)17-33-25(26)8-9-28(35)36/h2-9,15-18,21H,10-14H2,1H3,(H,37,38)/t18-/m1/s1. The SMILES string of the molecule is C[C@H](CC(=O)O)Oc1ccccc1-c1ccc(C(=O)N2CCC(n3c(=O)ccc4ncc(Cl)cc43)CC2)c(F)c1. The van der Waals surface area contributed by atoms with Crippen LogP contribution < -0.4 is 10.3 Å². The number of rotatable bonds is 7. The molecule has 40 heavy (non-hydrogen) atoms. The number of benzene rings is 2. The minimum absolute atomic E-state index is 0.0434. The first kappa shape index (κ1) is 27.3. The van der Waals surface area contributed by atoms with E-state index in [1.165, 1.54) is 24.4 Å². The zero-order valence-electron chi connectivity index (χ0n) is 21.7. The summed E-state index contributed by atoms with van der Waals surface area (Å²) in [5, 5.41) is 9.46. The lowest BCUT2D eigenvalue weighted by Crippen LogP contribution is -2.41. The molecule has 3 heterocycles. The monoisotopic (exact) mass is 563 g/mol. The van der Waals surface area contributed by atoms with E-state index in [0.717, 1.165) is 0 Å². The summed E-state index contributed by atoms with van der Waals surface area (Å²) in [6.07, 6.45) is 1.83. The predicted molar refractivity (Wildman–Crippen MR) is 149 cm³/mol. The molecule has 1 aliphatic rings. The van der Waals surface area contributed by atoms with Crippen molar-refractivity contribution >= 4 is 34.5 Å². The van der Waals surface area contributed by atoms with Gasteiger partial charge >= 0.3 is 5.97 Å². The number of amides is 1. The molecular weight excluding hydrogens is 537 g/mol. The average Bonchev–Trinajstić information content (AvgIpc) is 2.92. The van der Waals surface area contributed by atoms with Crippen LogP contribution in [0.1, 0.15) is 42.6 Å². The maximum atomic E-state index is 15.3. The number of fused-ring (bicyclic) bond motifs is 1. The Labute approximate surface area is 234 Å². The van der Waals surface area contributed by atoms with E-state index in [-0.39, 0.29) is 23.6 Å². The Morgan fingerprint density at radius 2 is 1.88 bits per heavy atom. The van der Waals surface area contributed by atoms with Gasteiger partial charge in [-0.1, -0.05) is 35.9 Å². The number of hydrogen-bond donors (Lipinski definition) is 1. The molecule has 0 saturated carbocycles. The van der Waals surface area contributed by atoms with E-state index < -0.39 is 23.8 Å². The van der Waals surface area contributed by atoms with Crippen molar-refractivity contribution in [1.82, 2.24) is 14.5 Å². The van der Waals surface area contributed by atoms with Crippen LogP contribution in [0.4, 0.5) is 4.39 Å². The van der Waals surface area contributed by atoms with E-state index in [2.05, 4.69) is 4.98 Å². The quantitative estimate of drug-likeness (QED) is 0.315.